The number of nitrogens with one attached hydrogen (secondary N) is 1. The van der Waals surface area contributed by atoms with E-state index in [0.29, 0.717) is 0 Å². The van der Waals surface area contributed by atoms with Gasteiger partial charge in [-0.1, -0.05) is 29.3 Å². The molecule has 1 unspecified atom stereocenters. The van der Waals surface area contributed by atoms with Crippen LogP contribution in [0.25, 0.3) is 0 Å². The minimum absolute atomic E-state index is 0.0730. The van der Waals surface area contributed by atoms with Crippen LogP contribution in [0.4, 0.5) is 0 Å². The summed E-state index contributed by atoms with van der Waals surface area (Å²) in [5.74, 6) is 0. The summed E-state index contributed by atoms with van der Waals surface area (Å²) in [4.78, 5) is 0. The molecule has 0 heterocycles. The van der Waals surface area contributed by atoms with Gasteiger partial charge in [0.15, 0.2) is 0 Å². The van der Waals surface area contributed by atoms with Crippen LogP contribution in [0.15, 0.2) is 18.2 Å². The lowest BCUT2D eigenvalue weighted by atomic mass is 10.0. The quantitative estimate of drug-likeness (QED) is 0.873. The van der Waals surface area contributed by atoms with Crippen LogP contribution < -0.4 is 4.72 Å². The van der Waals surface area contributed by atoms with E-state index in [2.05, 4.69) is 22.9 Å². The average molecular weight is 241 g/mol. The predicted molar refractivity (Wildman–Crippen MR) is 67.1 cm³/mol. The van der Waals surface area contributed by atoms with Crippen LogP contribution >= 0.6 is 0 Å². The van der Waals surface area contributed by atoms with Crippen molar-refractivity contribution in [3.05, 3.63) is 34.9 Å². The topological polar surface area (TPSA) is 46.2 Å². The Morgan fingerprint density at radius 2 is 1.69 bits per heavy atom. The molecule has 1 N–H and O–H groups in total. The fraction of sp³-hybridized carbons (Fsp3) is 0.500. The van der Waals surface area contributed by atoms with Crippen LogP contribution in [0.5, 0.6) is 0 Å². The lowest BCUT2D eigenvalue weighted by Gasteiger charge is -2.13. The molecule has 0 radical (unpaired) electrons. The molecule has 0 saturated carbocycles. The molecule has 0 fully saturated rings. The molecule has 0 aliphatic heterocycles. The van der Waals surface area contributed by atoms with E-state index in [1.165, 1.54) is 22.9 Å². The SMILES string of the molecule is Cc1cc(C)cc(CC(C)NS(C)(=O)=O)c1. The summed E-state index contributed by atoms with van der Waals surface area (Å²) in [5, 5.41) is 0. The Bertz CT molecular complexity index is 446. The molecule has 16 heavy (non-hydrogen) atoms. The first-order chi connectivity index (χ1) is 7.26. The number of benzene rings is 1. The van der Waals surface area contributed by atoms with Gasteiger partial charge >= 0.3 is 0 Å². The smallest absolute Gasteiger partial charge is 0.208 e. The summed E-state index contributed by atoms with van der Waals surface area (Å²) in [6.07, 6.45) is 1.90. The number of hydrogen-bond donors (Lipinski definition) is 1. The molecule has 0 aliphatic carbocycles. The van der Waals surface area contributed by atoms with Gasteiger partial charge in [-0.25, -0.2) is 13.1 Å². The first-order valence-corrected chi connectivity index (χ1v) is 7.20. The Morgan fingerprint density at radius 1 is 1.19 bits per heavy atom. The fourth-order valence-electron chi connectivity index (χ4n) is 1.95. The highest BCUT2D eigenvalue weighted by Gasteiger charge is 2.09. The summed E-state index contributed by atoms with van der Waals surface area (Å²) in [5.41, 5.74) is 3.59. The third-order valence-electron chi connectivity index (χ3n) is 2.24. The van der Waals surface area contributed by atoms with Gasteiger partial charge in [-0.3, -0.25) is 0 Å². The molecule has 3 nitrogen and oxygen atoms in total. The number of sulfonamides is 1. The van der Waals surface area contributed by atoms with Crippen LogP contribution in [-0.4, -0.2) is 20.7 Å². The van der Waals surface area contributed by atoms with E-state index in [0.717, 1.165) is 6.42 Å². The lowest BCUT2D eigenvalue weighted by molar-refractivity contribution is 0.565. The minimum atomic E-state index is -3.11. The fourth-order valence-corrected chi connectivity index (χ4v) is 2.76. The molecule has 0 aromatic heterocycles. The lowest BCUT2D eigenvalue weighted by Crippen LogP contribution is -2.33. The second kappa shape index (κ2) is 4.97. The Balaban J connectivity index is 2.73. The van der Waals surface area contributed by atoms with Crippen LogP contribution in [0, 0.1) is 13.8 Å². The van der Waals surface area contributed by atoms with Gasteiger partial charge in [-0.2, -0.15) is 0 Å². The Kier molecular flexibility index (Phi) is 4.10. The third kappa shape index (κ3) is 4.77. The second-order valence-electron chi connectivity index (χ2n) is 4.49. The highest BCUT2D eigenvalue weighted by atomic mass is 32.2. The molecule has 1 atom stereocenters. The Hall–Kier alpha value is -0.870. The van der Waals surface area contributed by atoms with Crippen molar-refractivity contribution in [3.63, 3.8) is 0 Å². The first kappa shape index (κ1) is 13.2. The summed E-state index contributed by atoms with van der Waals surface area (Å²) in [6, 6.07) is 6.22. The van der Waals surface area contributed by atoms with Crippen molar-refractivity contribution < 1.29 is 8.42 Å². The first-order valence-electron chi connectivity index (χ1n) is 5.31. The maximum atomic E-state index is 11.1. The van der Waals surface area contributed by atoms with Gasteiger partial charge in [0.05, 0.1) is 6.26 Å². The van der Waals surface area contributed by atoms with E-state index in [1.807, 2.05) is 20.8 Å². The summed E-state index contributed by atoms with van der Waals surface area (Å²) < 4.78 is 24.7. The van der Waals surface area contributed by atoms with Gasteiger partial charge in [0.2, 0.25) is 10.0 Å². The van der Waals surface area contributed by atoms with Gasteiger partial charge in [0.1, 0.15) is 0 Å². The maximum Gasteiger partial charge on any atom is 0.208 e. The van der Waals surface area contributed by atoms with E-state index < -0.39 is 10.0 Å². The van der Waals surface area contributed by atoms with Crippen molar-refractivity contribution in [1.82, 2.24) is 4.72 Å². The molecule has 1 aromatic rings. The molecular formula is C12H19NO2S. The van der Waals surface area contributed by atoms with Gasteiger partial charge in [0, 0.05) is 6.04 Å². The Morgan fingerprint density at radius 3 is 2.12 bits per heavy atom. The van der Waals surface area contributed by atoms with Crippen LogP contribution in [0.2, 0.25) is 0 Å². The van der Waals surface area contributed by atoms with Gasteiger partial charge in [-0.05, 0) is 32.8 Å². The molecule has 4 heteroatoms. The third-order valence-corrected chi connectivity index (χ3v) is 3.07. The molecule has 0 saturated heterocycles. The van der Waals surface area contributed by atoms with Crippen LogP contribution in [-0.2, 0) is 16.4 Å². The molecule has 1 rings (SSSR count). The average Bonchev–Trinajstić information content (AvgIpc) is 1.96. The van der Waals surface area contributed by atoms with Gasteiger partial charge in [-0.15, -0.1) is 0 Å². The largest absolute Gasteiger partial charge is 0.213 e. The molecule has 0 spiro atoms. The van der Waals surface area contributed by atoms with E-state index in [1.54, 1.807) is 0 Å². The molecule has 90 valence electrons. The molecule has 1 aromatic carbocycles. The normalized spacial score (nSPS) is 13.8. The van der Waals surface area contributed by atoms with Gasteiger partial charge < -0.3 is 0 Å². The number of aryl methyl sites for hydroxylation is 2. The van der Waals surface area contributed by atoms with E-state index >= 15 is 0 Å². The molecule has 0 bridgehead atoms. The van der Waals surface area contributed by atoms with Crippen molar-refractivity contribution in [1.29, 1.82) is 0 Å². The zero-order chi connectivity index (χ0) is 12.3. The Labute approximate surface area is 97.9 Å². The predicted octanol–water partition coefficient (Wildman–Crippen LogP) is 1.78. The van der Waals surface area contributed by atoms with Crippen molar-refractivity contribution in [3.8, 4) is 0 Å². The zero-order valence-corrected chi connectivity index (χ0v) is 11.1. The summed E-state index contributed by atoms with van der Waals surface area (Å²) in [7, 11) is -3.11. The summed E-state index contributed by atoms with van der Waals surface area (Å²) >= 11 is 0. The molecule has 0 aliphatic rings. The van der Waals surface area contributed by atoms with E-state index in [4.69, 9.17) is 0 Å². The van der Waals surface area contributed by atoms with Crippen molar-refractivity contribution in [2.45, 2.75) is 33.2 Å². The minimum Gasteiger partial charge on any atom is -0.213 e. The summed E-state index contributed by atoms with van der Waals surface area (Å²) in [6.45, 7) is 5.97. The molecule has 0 amide bonds. The van der Waals surface area contributed by atoms with Crippen molar-refractivity contribution in [2.75, 3.05) is 6.26 Å². The number of rotatable bonds is 4. The van der Waals surface area contributed by atoms with Crippen LogP contribution in [0.3, 0.4) is 0 Å². The van der Waals surface area contributed by atoms with Gasteiger partial charge in [0.25, 0.3) is 0 Å². The highest BCUT2D eigenvalue weighted by Crippen LogP contribution is 2.11. The number of hydrogen-bond acceptors (Lipinski definition) is 2. The molecular weight excluding hydrogens is 222 g/mol. The standard InChI is InChI=1S/C12H19NO2S/c1-9-5-10(2)7-12(6-9)8-11(3)13-16(4,14)15/h5-7,11,13H,8H2,1-4H3. The van der Waals surface area contributed by atoms with Crippen molar-refractivity contribution >= 4 is 10.0 Å². The zero-order valence-electron chi connectivity index (χ0n) is 10.2. The van der Waals surface area contributed by atoms with Crippen molar-refractivity contribution in [2.24, 2.45) is 0 Å². The monoisotopic (exact) mass is 241 g/mol. The van der Waals surface area contributed by atoms with E-state index in [9.17, 15) is 8.42 Å². The van der Waals surface area contributed by atoms with Crippen LogP contribution in [0.1, 0.15) is 23.6 Å². The maximum absolute atomic E-state index is 11.1. The van der Waals surface area contributed by atoms with E-state index in [-0.39, 0.29) is 6.04 Å². The second-order valence-corrected chi connectivity index (χ2v) is 6.27. The highest BCUT2D eigenvalue weighted by molar-refractivity contribution is 7.88.